The Kier molecular flexibility index (Phi) is 3.39. The van der Waals surface area contributed by atoms with Crippen LogP contribution in [0.3, 0.4) is 0 Å². The number of thiocarbonyl (C=S) groups is 1. The van der Waals surface area contributed by atoms with E-state index in [0.717, 1.165) is 0 Å². The molecule has 1 unspecified atom stereocenters. The molecule has 0 rings (SSSR count). The van der Waals surface area contributed by atoms with E-state index in [4.69, 9.17) is 12.2 Å². The number of hydrogen-bond acceptors (Lipinski definition) is 3. The number of methoxy groups -OCH3 is 1. The van der Waals surface area contributed by atoms with Crippen LogP contribution in [0.5, 0.6) is 0 Å². The third kappa shape index (κ3) is 2.56. The predicted octanol–water partition coefficient (Wildman–Crippen LogP) is 1.19. The summed E-state index contributed by atoms with van der Waals surface area (Å²) in [6.07, 6.45) is 0. The minimum Gasteiger partial charge on any atom is -0.489 e. The zero-order valence-corrected chi connectivity index (χ0v) is 6.62. The van der Waals surface area contributed by atoms with Gasteiger partial charge < -0.3 is 4.74 Å². The van der Waals surface area contributed by atoms with Gasteiger partial charge in [-0.2, -0.15) is 0 Å². The van der Waals surface area contributed by atoms with Crippen LogP contribution in [0.4, 0.5) is 0 Å². The summed E-state index contributed by atoms with van der Waals surface area (Å²) in [5.74, 6) is -0.202. The van der Waals surface area contributed by atoms with Crippen molar-refractivity contribution in [1.82, 2.24) is 0 Å². The van der Waals surface area contributed by atoms with Gasteiger partial charge in [-0.1, -0.05) is 0 Å². The van der Waals surface area contributed by atoms with Crippen LogP contribution in [0.1, 0.15) is 13.8 Å². The van der Waals surface area contributed by atoms with Crippen LogP contribution in [0, 0.1) is 5.92 Å². The second kappa shape index (κ2) is 3.56. The predicted molar refractivity (Wildman–Crippen MR) is 39.5 cm³/mol. The SMILES string of the molecule is COC(=S)C(C)C(C)=O. The molecule has 0 saturated carbocycles. The second-order valence-electron chi connectivity index (χ2n) is 1.86. The Bertz CT molecular complexity index is 131. The normalized spacial score (nSPS) is 12.3. The van der Waals surface area contributed by atoms with Crippen LogP contribution in [0.2, 0.25) is 0 Å². The molecule has 52 valence electrons. The Morgan fingerprint density at radius 2 is 2.11 bits per heavy atom. The van der Waals surface area contributed by atoms with Crippen molar-refractivity contribution in [2.75, 3.05) is 7.11 Å². The first-order chi connectivity index (χ1) is 4.09. The van der Waals surface area contributed by atoms with Crippen molar-refractivity contribution in [2.24, 2.45) is 5.92 Å². The summed E-state index contributed by atoms with van der Waals surface area (Å²) in [4.78, 5) is 10.6. The summed E-state index contributed by atoms with van der Waals surface area (Å²) < 4.78 is 4.68. The molecule has 0 aromatic heterocycles. The zero-order valence-electron chi connectivity index (χ0n) is 5.80. The molecule has 9 heavy (non-hydrogen) atoms. The molecule has 0 saturated heterocycles. The topological polar surface area (TPSA) is 26.3 Å². The van der Waals surface area contributed by atoms with E-state index in [9.17, 15) is 4.79 Å². The van der Waals surface area contributed by atoms with Gasteiger partial charge in [-0.25, -0.2) is 0 Å². The molecular formula is C6H10O2S. The van der Waals surface area contributed by atoms with Gasteiger partial charge in [0.1, 0.15) is 5.78 Å². The van der Waals surface area contributed by atoms with Crippen molar-refractivity contribution in [1.29, 1.82) is 0 Å². The number of rotatable bonds is 2. The van der Waals surface area contributed by atoms with Crippen molar-refractivity contribution < 1.29 is 9.53 Å². The number of carbonyl (C=O) groups excluding carboxylic acids is 1. The summed E-state index contributed by atoms with van der Waals surface area (Å²) in [5.41, 5.74) is 0. The standard InChI is InChI=1S/C6H10O2S/c1-4(5(2)7)6(9)8-3/h4H,1-3H3. The van der Waals surface area contributed by atoms with Crippen molar-refractivity contribution in [3.8, 4) is 0 Å². The van der Waals surface area contributed by atoms with Crippen LogP contribution in [-0.2, 0) is 9.53 Å². The van der Waals surface area contributed by atoms with E-state index in [1.54, 1.807) is 6.92 Å². The van der Waals surface area contributed by atoms with Crippen LogP contribution in [0.15, 0.2) is 0 Å². The maximum atomic E-state index is 10.6. The monoisotopic (exact) mass is 146 g/mol. The van der Waals surface area contributed by atoms with Crippen molar-refractivity contribution in [3.05, 3.63) is 0 Å². The lowest BCUT2D eigenvalue weighted by Gasteiger charge is -2.05. The number of ketones is 1. The van der Waals surface area contributed by atoms with E-state index in [-0.39, 0.29) is 11.7 Å². The van der Waals surface area contributed by atoms with E-state index in [2.05, 4.69) is 4.74 Å². The molecule has 0 aliphatic heterocycles. The molecule has 0 amide bonds. The highest BCUT2D eigenvalue weighted by Crippen LogP contribution is 2.00. The van der Waals surface area contributed by atoms with Crippen LogP contribution >= 0.6 is 12.2 Å². The molecule has 0 bridgehead atoms. The molecule has 0 aliphatic carbocycles. The first-order valence-corrected chi connectivity index (χ1v) is 3.08. The van der Waals surface area contributed by atoms with Gasteiger partial charge in [0.05, 0.1) is 13.0 Å². The first-order valence-electron chi connectivity index (χ1n) is 2.68. The van der Waals surface area contributed by atoms with Gasteiger partial charge in [-0.3, -0.25) is 4.79 Å². The molecule has 0 aromatic rings. The number of carbonyl (C=O) groups is 1. The van der Waals surface area contributed by atoms with E-state index >= 15 is 0 Å². The highest BCUT2D eigenvalue weighted by atomic mass is 32.1. The molecule has 0 aliphatic rings. The molecule has 2 nitrogen and oxygen atoms in total. The highest BCUT2D eigenvalue weighted by Gasteiger charge is 2.12. The lowest BCUT2D eigenvalue weighted by Crippen LogP contribution is -2.17. The van der Waals surface area contributed by atoms with E-state index in [1.165, 1.54) is 14.0 Å². The average molecular weight is 146 g/mol. The summed E-state index contributed by atoms with van der Waals surface area (Å²) >= 11 is 4.71. The third-order valence-corrected chi connectivity index (χ3v) is 1.68. The van der Waals surface area contributed by atoms with Crippen LogP contribution in [0.25, 0.3) is 0 Å². The summed E-state index contributed by atoms with van der Waals surface area (Å²) in [5, 5.41) is 0.363. The van der Waals surface area contributed by atoms with Gasteiger partial charge in [-0.15, -0.1) is 0 Å². The molecular weight excluding hydrogens is 136 g/mol. The zero-order chi connectivity index (χ0) is 7.44. The maximum Gasteiger partial charge on any atom is 0.169 e. The Hall–Kier alpha value is -0.440. The molecule has 0 N–H and O–H groups in total. The molecule has 3 heteroatoms. The Morgan fingerprint density at radius 3 is 2.22 bits per heavy atom. The second-order valence-corrected chi connectivity index (χ2v) is 2.26. The number of Topliss-reactive ketones (excluding diaryl/α,β-unsaturated/α-hetero) is 1. The minimum absolute atomic E-state index is 0.0434. The fraction of sp³-hybridized carbons (Fsp3) is 0.667. The summed E-state index contributed by atoms with van der Waals surface area (Å²) in [6.45, 7) is 3.23. The lowest BCUT2D eigenvalue weighted by molar-refractivity contribution is -0.118. The van der Waals surface area contributed by atoms with E-state index < -0.39 is 0 Å². The number of hydrogen-bond donors (Lipinski definition) is 0. The molecule has 0 radical (unpaired) electrons. The fourth-order valence-corrected chi connectivity index (χ4v) is 0.509. The quantitative estimate of drug-likeness (QED) is 0.547. The van der Waals surface area contributed by atoms with Gasteiger partial charge in [0.2, 0.25) is 0 Å². The molecule has 1 atom stereocenters. The van der Waals surface area contributed by atoms with Crippen LogP contribution < -0.4 is 0 Å². The highest BCUT2D eigenvalue weighted by molar-refractivity contribution is 7.80. The van der Waals surface area contributed by atoms with Gasteiger partial charge in [-0.05, 0) is 26.1 Å². The largest absolute Gasteiger partial charge is 0.489 e. The lowest BCUT2D eigenvalue weighted by atomic mass is 10.1. The average Bonchev–Trinajstić information content (AvgIpc) is 1.84. The van der Waals surface area contributed by atoms with Crippen LogP contribution in [-0.4, -0.2) is 17.9 Å². The Labute approximate surface area is 60.2 Å². The van der Waals surface area contributed by atoms with Gasteiger partial charge in [0, 0.05) is 0 Å². The maximum absolute atomic E-state index is 10.6. The smallest absolute Gasteiger partial charge is 0.169 e. The summed E-state index contributed by atoms with van der Waals surface area (Å²) in [7, 11) is 1.47. The van der Waals surface area contributed by atoms with E-state index in [1.807, 2.05) is 0 Å². The molecule has 0 heterocycles. The van der Waals surface area contributed by atoms with E-state index in [0.29, 0.717) is 5.05 Å². The summed E-state index contributed by atoms with van der Waals surface area (Å²) in [6, 6.07) is 0. The molecule has 0 aromatic carbocycles. The minimum atomic E-state index is -0.245. The Balaban J connectivity index is 3.88. The first kappa shape index (κ1) is 8.56. The van der Waals surface area contributed by atoms with Crippen molar-refractivity contribution in [2.45, 2.75) is 13.8 Å². The van der Waals surface area contributed by atoms with Gasteiger partial charge >= 0.3 is 0 Å². The molecule has 0 fully saturated rings. The van der Waals surface area contributed by atoms with Crippen molar-refractivity contribution >= 4 is 23.1 Å². The Morgan fingerprint density at radius 1 is 1.67 bits per heavy atom. The third-order valence-electron chi connectivity index (χ3n) is 1.16. The number of ether oxygens (including phenoxy) is 1. The molecule has 0 spiro atoms. The van der Waals surface area contributed by atoms with Crippen molar-refractivity contribution in [3.63, 3.8) is 0 Å². The fourth-order valence-electron chi connectivity index (χ4n) is 0.343. The van der Waals surface area contributed by atoms with Gasteiger partial charge in [0.15, 0.2) is 5.05 Å². The van der Waals surface area contributed by atoms with Gasteiger partial charge in [0.25, 0.3) is 0 Å².